The van der Waals surface area contributed by atoms with Crippen molar-refractivity contribution in [2.45, 2.75) is 0 Å². The summed E-state index contributed by atoms with van der Waals surface area (Å²) in [5.41, 5.74) is 1.97. The number of hydrogen-bond acceptors (Lipinski definition) is 1. The molecule has 3 rings (SSSR count). The number of terminal acetylenes is 1. The molecule has 0 saturated carbocycles. The quantitative estimate of drug-likeness (QED) is 0.370. The summed E-state index contributed by atoms with van der Waals surface area (Å²) < 4.78 is 4.29. The molecule has 0 radical (unpaired) electrons. The lowest BCUT2D eigenvalue weighted by Crippen LogP contribution is -1.86. The van der Waals surface area contributed by atoms with Crippen molar-refractivity contribution >= 4 is 49.6 Å². The fourth-order valence-electron chi connectivity index (χ4n) is 1.72. The van der Waals surface area contributed by atoms with E-state index in [4.69, 9.17) is 6.42 Å². The number of benzene rings is 1. The number of pyridine rings is 1. The second kappa shape index (κ2) is 6.91. The second-order valence-corrected chi connectivity index (χ2v) is 6.20. The molecule has 2 nitrogen and oxygen atoms in total. The van der Waals surface area contributed by atoms with Crippen LogP contribution in [0.5, 0.6) is 0 Å². The van der Waals surface area contributed by atoms with E-state index in [1.807, 2.05) is 48.1 Å². The molecule has 2 aromatic heterocycles. The largest absolute Gasteiger partial charge is 0.334 e. The highest BCUT2D eigenvalue weighted by Gasteiger charge is 2.04. The number of hydrogen-bond donors (Lipinski definition) is 0. The van der Waals surface area contributed by atoms with Crippen LogP contribution in [0.3, 0.4) is 0 Å². The Morgan fingerprint density at radius 2 is 2.00 bits per heavy atom. The van der Waals surface area contributed by atoms with E-state index in [0.717, 1.165) is 15.7 Å². The standard InChI is InChI=1S/C8H6BrIN2.C8H6/c1-12-4-7(10)6-2-5(9)3-11-8(6)12;1-2-8-6-4-3-5-7-8/h2-4H,1H3;1,3-7H. The van der Waals surface area contributed by atoms with E-state index in [0.29, 0.717) is 0 Å². The summed E-state index contributed by atoms with van der Waals surface area (Å²) in [5, 5.41) is 1.20. The summed E-state index contributed by atoms with van der Waals surface area (Å²) in [6.07, 6.45) is 8.99. The number of rotatable bonds is 0. The van der Waals surface area contributed by atoms with Gasteiger partial charge in [0.15, 0.2) is 0 Å². The summed E-state index contributed by atoms with van der Waals surface area (Å²) in [6, 6.07) is 11.7. The zero-order valence-electron chi connectivity index (χ0n) is 10.8. The fourth-order valence-corrected chi connectivity index (χ4v) is 2.87. The molecular weight excluding hydrogens is 427 g/mol. The van der Waals surface area contributed by atoms with Gasteiger partial charge in [0.2, 0.25) is 0 Å². The first-order valence-corrected chi connectivity index (χ1v) is 7.76. The van der Waals surface area contributed by atoms with Gasteiger partial charge in [-0.3, -0.25) is 0 Å². The molecule has 0 bridgehead atoms. The Hall–Kier alpha value is -1.32. The van der Waals surface area contributed by atoms with Crippen molar-refractivity contribution < 1.29 is 0 Å². The monoisotopic (exact) mass is 438 g/mol. The summed E-state index contributed by atoms with van der Waals surface area (Å²) in [6.45, 7) is 0. The maximum absolute atomic E-state index is 5.10. The Morgan fingerprint density at radius 1 is 1.30 bits per heavy atom. The first-order valence-electron chi connectivity index (χ1n) is 5.89. The third kappa shape index (κ3) is 3.62. The van der Waals surface area contributed by atoms with Crippen LogP contribution in [0.15, 0.2) is 53.3 Å². The minimum Gasteiger partial charge on any atom is -0.334 e. The molecule has 0 spiro atoms. The van der Waals surface area contributed by atoms with Crippen molar-refractivity contribution in [3.8, 4) is 12.3 Å². The number of nitrogens with zero attached hydrogens (tertiary/aromatic N) is 2. The van der Waals surface area contributed by atoms with Crippen LogP contribution < -0.4 is 0 Å². The summed E-state index contributed by atoms with van der Waals surface area (Å²) in [7, 11) is 2.01. The molecule has 2 heterocycles. The first-order chi connectivity index (χ1) is 9.61. The lowest BCUT2D eigenvalue weighted by molar-refractivity contribution is 0.946. The Balaban J connectivity index is 0.000000160. The molecule has 1 aromatic carbocycles. The number of halogens is 2. The Morgan fingerprint density at radius 3 is 2.60 bits per heavy atom. The molecule has 0 amide bonds. The van der Waals surface area contributed by atoms with Crippen LogP contribution in [0, 0.1) is 15.9 Å². The van der Waals surface area contributed by atoms with E-state index in [-0.39, 0.29) is 0 Å². The molecule has 0 aliphatic carbocycles. The highest BCUT2D eigenvalue weighted by Crippen LogP contribution is 2.23. The molecule has 3 aromatic rings. The molecule has 4 heteroatoms. The van der Waals surface area contributed by atoms with Crippen molar-refractivity contribution in [2.75, 3.05) is 0 Å². The van der Waals surface area contributed by atoms with E-state index < -0.39 is 0 Å². The summed E-state index contributed by atoms with van der Waals surface area (Å²) in [5.74, 6) is 2.53. The highest BCUT2D eigenvalue weighted by atomic mass is 127. The van der Waals surface area contributed by atoms with Crippen molar-refractivity contribution in [1.29, 1.82) is 0 Å². The highest BCUT2D eigenvalue weighted by molar-refractivity contribution is 14.1. The minimum absolute atomic E-state index is 0.938. The van der Waals surface area contributed by atoms with Gasteiger partial charge in [-0.15, -0.1) is 6.42 Å². The first kappa shape index (κ1) is 15.1. The topological polar surface area (TPSA) is 17.8 Å². The Kier molecular flexibility index (Phi) is 5.21. The molecule has 0 atom stereocenters. The van der Waals surface area contributed by atoms with Gasteiger partial charge < -0.3 is 4.57 Å². The molecule has 0 aliphatic heterocycles. The van der Waals surface area contributed by atoms with Gasteiger partial charge in [0.1, 0.15) is 5.65 Å². The van der Waals surface area contributed by atoms with Gasteiger partial charge in [0, 0.05) is 38.4 Å². The smallest absolute Gasteiger partial charge is 0.140 e. The van der Waals surface area contributed by atoms with Crippen LogP contribution >= 0.6 is 38.5 Å². The van der Waals surface area contributed by atoms with Crippen LogP contribution in [-0.4, -0.2) is 9.55 Å². The van der Waals surface area contributed by atoms with E-state index in [1.54, 1.807) is 0 Å². The average molecular weight is 439 g/mol. The maximum Gasteiger partial charge on any atom is 0.140 e. The molecule has 0 N–H and O–H groups in total. The van der Waals surface area contributed by atoms with Crippen LogP contribution in [0.2, 0.25) is 0 Å². The molecule has 100 valence electrons. The van der Waals surface area contributed by atoms with Crippen molar-refractivity contribution in [3.63, 3.8) is 0 Å². The van der Waals surface area contributed by atoms with Gasteiger partial charge in [0.25, 0.3) is 0 Å². The van der Waals surface area contributed by atoms with Gasteiger partial charge in [-0.25, -0.2) is 4.98 Å². The number of aryl methyl sites for hydroxylation is 1. The van der Waals surface area contributed by atoms with Crippen molar-refractivity contribution in [3.05, 3.63) is 62.4 Å². The lowest BCUT2D eigenvalue weighted by atomic mass is 10.2. The minimum atomic E-state index is 0.938. The summed E-state index contributed by atoms with van der Waals surface area (Å²) in [4.78, 5) is 4.31. The van der Waals surface area contributed by atoms with Gasteiger partial charge in [-0.05, 0) is 56.7 Å². The Labute approximate surface area is 140 Å². The Bertz CT molecular complexity index is 757. The van der Waals surface area contributed by atoms with E-state index in [9.17, 15) is 0 Å². The molecule has 0 unspecified atom stereocenters. The van der Waals surface area contributed by atoms with E-state index >= 15 is 0 Å². The third-order valence-electron chi connectivity index (χ3n) is 2.67. The fraction of sp³-hybridized carbons (Fsp3) is 0.0625. The maximum atomic E-state index is 5.10. The zero-order chi connectivity index (χ0) is 14.5. The van der Waals surface area contributed by atoms with E-state index in [2.05, 4.69) is 61.7 Å². The van der Waals surface area contributed by atoms with Crippen molar-refractivity contribution in [2.24, 2.45) is 7.05 Å². The predicted molar refractivity (Wildman–Crippen MR) is 95.5 cm³/mol. The second-order valence-electron chi connectivity index (χ2n) is 4.12. The van der Waals surface area contributed by atoms with Crippen LogP contribution in [-0.2, 0) is 7.05 Å². The molecular formula is C16H12BrIN2. The van der Waals surface area contributed by atoms with Gasteiger partial charge in [-0.1, -0.05) is 24.1 Å². The van der Waals surface area contributed by atoms with Crippen LogP contribution in [0.4, 0.5) is 0 Å². The van der Waals surface area contributed by atoms with Crippen LogP contribution in [0.1, 0.15) is 5.56 Å². The molecule has 0 saturated heterocycles. The number of fused-ring (bicyclic) bond motifs is 1. The lowest BCUT2D eigenvalue weighted by Gasteiger charge is -1.94. The van der Waals surface area contributed by atoms with Gasteiger partial charge in [-0.2, -0.15) is 0 Å². The van der Waals surface area contributed by atoms with E-state index in [1.165, 1.54) is 8.96 Å². The van der Waals surface area contributed by atoms with Gasteiger partial charge in [0.05, 0.1) is 0 Å². The zero-order valence-corrected chi connectivity index (χ0v) is 14.6. The van der Waals surface area contributed by atoms with Crippen molar-refractivity contribution in [1.82, 2.24) is 9.55 Å². The van der Waals surface area contributed by atoms with Crippen LogP contribution in [0.25, 0.3) is 11.0 Å². The molecule has 20 heavy (non-hydrogen) atoms. The SMILES string of the molecule is C#Cc1ccccc1.Cn1cc(I)c2cc(Br)cnc21. The third-order valence-corrected chi connectivity index (χ3v) is 3.97. The molecule has 0 aliphatic rings. The molecule has 0 fully saturated rings. The predicted octanol–water partition coefficient (Wildman–Crippen LogP) is 4.61. The number of aromatic nitrogens is 2. The average Bonchev–Trinajstić information content (AvgIpc) is 2.75. The van der Waals surface area contributed by atoms with Gasteiger partial charge >= 0.3 is 0 Å². The normalized spacial score (nSPS) is 9.70. The summed E-state index contributed by atoms with van der Waals surface area (Å²) >= 11 is 5.71.